The first-order valence-corrected chi connectivity index (χ1v) is 11.1. The Morgan fingerprint density at radius 1 is 0.912 bits per heavy atom. The molecule has 1 amide bonds. The lowest BCUT2D eigenvalue weighted by Crippen LogP contribution is -2.63. The number of rotatable bonds is 5. The van der Waals surface area contributed by atoms with E-state index in [2.05, 4.69) is 0 Å². The molecule has 2 heterocycles. The van der Waals surface area contributed by atoms with E-state index >= 15 is 0 Å². The zero-order valence-corrected chi connectivity index (χ0v) is 18.7. The molecular formula is C27H25NO6. The van der Waals surface area contributed by atoms with Gasteiger partial charge in [-0.3, -0.25) is 9.59 Å². The summed E-state index contributed by atoms with van der Waals surface area (Å²) in [7, 11) is 1.20. The number of esters is 1. The minimum atomic E-state index is -2.22. The third-order valence-electron chi connectivity index (χ3n) is 6.79. The molecular weight excluding hydrogens is 434 g/mol. The highest BCUT2D eigenvalue weighted by molar-refractivity contribution is 6.06. The Hall–Kier alpha value is -3.52. The molecule has 7 nitrogen and oxygen atoms in total. The Labute approximate surface area is 197 Å². The van der Waals surface area contributed by atoms with Crippen molar-refractivity contribution in [3.05, 3.63) is 108 Å². The summed E-state index contributed by atoms with van der Waals surface area (Å²) in [5.41, 5.74) is -1.14. The van der Waals surface area contributed by atoms with E-state index in [-0.39, 0.29) is 19.5 Å². The molecule has 5 rings (SSSR count). The Morgan fingerprint density at radius 2 is 1.44 bits per heavy atom. The molecule has 0 bridgehead atoms. The third-order valence-corrected chi connectivity index (χ3v) is 6.79. The molecule has 0 saturated carbocycles. The highest BCUT2D eigenvalue weighted by Gasteiger charge is 2.76. The lowest BCUT2D eigenvalue weighted by atomic mass is 9.67. The molecule has 7 heteroatoms. The predicted octanol–water partition coefficient (Wildman–Crippen LogP) is 3.17. The second-order valence-corrected chi connectivity index (χ2v) is 8.73. The molecule has 3 aromatic rings. The average molecular weight is 459 g/mol. The van der Waals surface area contributed by atoms with Gasteiger partial charge in [0, 0.05) is 13.0 Å². The van der Waals surface area contributed by atoms with E-state index < -0.39 is 28.7 Å². The first kappa shape index (κ1) is 22.3. The fourth-order valence-electron chi connectivity index (χ4n) is 5.06. The lowest BCUT2D eigenvalue weighted by molar-refractivity contribution is -0.497. The summed E-state index contributed by atoms with van der Waals surface area (Å²) in [4.78, 5) is 40.4. The van der Waals surface area contributed by atoms with Crippen LogP contribution in [0.3, 0.4) is 0 Å². The van der Waals surface area contributed by atoms with Crippen molar-refractivity contribution in [1.82, 2.24) is 4.90 Å². The fraction of sp³-hybridized carbons (Fsp3) is 0.259. The molecule has 174 valence electrons. The first-order chi connectivity index (χ1) is 16.5. The second-order valence-electron chi connectivity index (χ2n) is 8.73. The number of methoxy groups -OCH3 is 1. The number of carbonyl (C=O) groups excluding carboxylic acids is 2. The van der Waals surface area contributed by atoms with Gasteiger partial charge in [-0.2, -0.15) is 4.89 Å². The number of likely N-dealkylation sites (tertiary alicyclic amines) is 1. The van der Waals surface area contributed by atoms with Gasteiger partial charge < -0.3 is 14.7 Å². The van der Waals surface area contributed by atoms with E-state index in [1.165, 1.54) is 12.0 Å². The molecule has 0 aromatic heterocycles. The maximum Gasteiger partial charge on any atom is 0.327 e. The topological polar surface area (TPSA) is 85.3 Å². The Morgan fingerprint density at radius 3 is 1.97 bits per heavy atom. The third kappa shape index (κ3) is 3.24. The lowest BCUT2D eigenvalue weighted by Gasteiger charge is -2.48. The standard InChI is InChI=1S/C27H25NO6/c1-32-24(30)25-18-26(21-13-7-3-8-14-21,22-15-9-4-10-16-22)33-34-27(25,31)19-28(23(25)29)17-20-11-5-2-6-12-20/h2-16,31H,17-19H2,1H3. The molecule has 0 radical (unpaired) electrons. The predicted molar refractivity (Wildman–Crippen MR) is 122 cm³/mol. The average Bonchev–Trinajstić information content (AvgIpc) is 3.11. The van der Waals surface area contributed by atoms with Crippen LogP contribution in [0.2, 0.25) is 0 Å². The molecule has 2 unspecified atom stereocenters. The smallest absolute Gasteiger partial charge is 0.327 e. The Bertz CT molecular complexity index is 1150. The highest BCUT2D eigenvalue weighted by Crippen LogP contribution is 2.57. The van der Waals surface area contributed by atoms with Gasteiger partial charge in [0.15, 0.2) is 5.60 Å². The maximum absolute atomic E-state index is 14.0. The number of benzene rings is 3. The summed E-state index contributed by atoms with van der Waals surface area (Å²) in [6.45, 7) is -0.0384. The summed E-state index contributed by atoms with van der Waals surface area (Å²) >= 11 is 0. The molecule has 34 heavy (non-hydrogen) atoms. The highest BCUT2D eigenvalue weighted by atomic mass is 17.2. The second kappa shape index (κ2) is 8.36. The number of amides is 1. The number of nitrogens with zero attached hydrogens (tertiary/aromatic N) is 1. The molecule has 2 saturated heterocycles. The van der Waals surface area contributed by atoms with Crippen molar-refractivity contribution in [3.8, 4) is 0 Å². The van der Waals surface area contributed by atoms with Gasteiger partial charge in [-0.25, -0.2) is 4.89 Å². The minimum Gasteiger partial charge on any atom is -0.468 e. The maximum atomic E-state index is 14.0. The van der Waals surface area contributed by atoms with Crippen LogP contribution in [0.1, 0.15) is 23.1 Å². The number of aliphatic hydroxyl groups is 1. The molecule has 2 atom stereocenters. The zero-order chi connectivity index (χ0) is 23.8. The van der Waals surface area contributed by atoms with Crippen molar-refractivity contribution in [1.29, 1.82) is 0 Å². The molecule has 0 spiro atoms. The summed E-state index contributed by atoms with van der Waals surface area (Å²) in [5.74, 6) is -3.65. The van der Waals surface area contributed by atoms with Crippen LogP contribution in [0.15, 0.2) is 91.0 Å². The van der Waals surface area contributed by atoms with Gasteiger partial charge in [0.25, 0.3) is 0 Å². The minimum absolute atomic E-state index is 0.193. The van der Waals surface area contributed by atoms with Crippen LogP contribution in [0.25, 0.3) is 0 Å². The number of ether oxygens (including phenoxy) is 1. The van der Waals surface area contributed by atoms with Gasteiger partial charge in [-0.15, -0.1) is 0 Å². The molecule has 2 aliphatic rings. The summed E-state index contributed by atoms with van der Waals surface area (Å²) < 4.78 is 5.11. The van der Waals surface area contributed by atoms with Crippen molar-refractivity contribution < 1.29 is 29.2 Å². The van der Waals surface area contributed by atoms with E-state index in [9.17, 15) is 14.7 Å². The number of β-amino-alcohol motifs (C(OH)–C–C–N with tert-alkyl or cyclic N) is 1. The van der Waals surface area contributed by atoms with Gasteiger partial charge in [0.2, 0.25) is 17.1 Å². The summed E-state index contributed by atoms with van der Waals surface area (Å²) in [6, 6.07) is 27.8. The van der Waals surface area contributed by atoms with Crippen LogP contribution in [0.5, 0.6) is 0 Å². The molecule has 0 aliphatic carbocycles. The van der Waals surface area contributed by atoms with Gasteiger partial charge in [0.05, 0.1) is 13.7 Å². The van der Waals surface area contributed by atoms with E-state index in [0.717, 1.165) is 5.56 Å². The van der Waals surface area contributed by atoms with Crippen molar-refractivity contribution in [3.63, 3.8) is 0 Å². The number of carbonyl (C=O) groups is 2. The molecule has 1 N–H and O–H groups in total. The first-order valence-electron chi connectivity index (χ1n) is 11.1. The van der Waals surface area contributed by atoms with E-state index in [4.69, 9.17) is 14.5 Å². The van der Waals surface area contributed by atoms with Crippen molar-refractivity contribution in [2.75, 3.05) is 13.7 Å². The summed E-state index contributed by atoms with van der Waals surface area (Å²) in [6.07, 6.45) is -0.193. The Kier molecular flexibility index (Phi) is 5.48. The summed E-state index contributed by atoms with van der Waals surface area (Å²) in [5, 5.41) is 11.6. The van der Waals surface area contributed by atoms with Crippen molar-refractivity contribution >= 4 is 11.9 Å². The van der Waals surface area contributed by atoms with Gasteiger partial charge in [-0.05, 0) is 16.7 Å². The van der Waals surface area contributed by atoms with Crippen LogP contribution < -0.4 is 0 Å². The van der Waals surface area contributed by atoms with Crippen LogP contribution in [0, 0.1) is 5.41 Å². The molecule has 2 fully saturated rings. The number of hydrogen-bond acceptors (Lipinski definition) is 6. The van der Waals surface area contributed by atoms with E-state index in [1.807, 2.05) is 91.0 Å². The Balaban J connectivity index is 1.65. The fourth-order valence-corrected chi connectivity index (χ4v) is 5.06. The monoisotopic (exact) mass is 459 g/mol. The van der Waals surface area contributed by atoms with Gasteiger partial charge in [-0.1, -0.05) is 91.0 Å². The van der Waals surface area contributed by atoms with Crippen LogP contribution >= 0.6 is 0 Å². The van der Waals surface area contributed by atoms with Gasteiger partial charge >= 0.3 is 5.97 Å². The van der Waals surface area contributed by atoms with Crippen molar-refractivity contribution in [2.45, 2.75) is 24.4 Å². The van der Waals surface area contributed by atoms with Crippen LogP contribution in [0.4, 0.5) is 0 Å². The van der Waals surface area contributed by atoms with Crippen molar-refractivity contribution in [2.24, 2.45) is 5.41 Å². The SMILES string of the molecule is COC(=O)C12CC(c3ccccc3)(c3ccccc3)OOC1(O)CN(Cc1ccccc1)C2=O. The zero-order valence-electron chi connectivity index (χ0n) is 18.7. The van der Waals surface area contributed by atoms with Crippen LogP contribution in [-0.2, 0) is 36.2 Å². The number of fused-ring (bicyclic) bond motifs is 1. The van der Waals surface area contributed by atoms with Gasteiger partial charge in [0.1, 0.15) is 0 Å². The van der Waals surface area contributed by atoms with E-state index in [1.54, 1.807) is 0 Å². The molecule has 3 aromatic carbocycles. The largest absolute Gasteiger partial charge is 0.468 e. The quantitative estimate of drug-likeness (QED) is 0.358. The molecule has 2 aliphatic heterocycles. The normalized spacial score (nSPS) is 25.6. The van der Waals surface area contributed by atoms with E-state index in [0.29, 0.717) is 11.1 Å². The number of hydrogen-bond donors (Lipinski definition) is 1. The van der Waals surface area contributed by atoms with Crippen LogP contribution in [-0.4, -0.2) is 41.3 Å².